The summed E-state index contributed by atoms with van der Waals surface area (Å²) in [7, 11) is -1.81. The molecular weight excluding hydrogens is 382 g/mol. The normalized spacial score (nSPS) is 21.3. The number of carbonyl (C=O) groups is 1. The lowest BCUT2D eigenvalue weighted by atomic mass is 9.92. The van der Waals surface area contributed by atoms with Crippen LogP contribution in [0.2, 0.25) is 18.1 Å². The van der Waals surface area contributed by atoms with Crippen LogP contribution in [0.3, 0.4) is 0 Å². The van der Waals surface area contributed by atoms with Crippen LogP contribution in [-0.2, 0) is 15.7 Å². The monoisotopic (exact) mass is 423 g/mol. The lowest BCUT2D eigenvalue weighted by Crippen LogP contribution is -2.51. The molecule has 1 aliphatic carbocycles. The Morgan fingerprint density at radius 2 is 1.83 bits per heavy atom. The molecule has 166 valence electrons. The molecule has 1 fully saturated rings. The molecule has 0 aromatic carbocycles. The van der Waals surface area contributed by atoms with Crippen LogP contribution >= 0.6 is 0 Å². The first-order valence-corrected chi connectivity index (χ1v) is 13.8. The molecule has 1 aromatic rings. The van der Waals surface area contributed by atoms with Crippen molar-refractivity contribution in [3.05, 3.63) is 17.7 Å². The molecule has 0 spiro atoms. The van der Waals surface area contributed by atoms with Crippen molar-refractivity contribution in [2.24, 2.45) is 0 Å². The summed E-state index contributed by atoms with van der Waals surface area (Å²) < 4.78 is 13.7. The van der Waals surface area contributed by atoms with Crippen LogP contribution in [-0.4, -0.2) is 41.7 Å². The molecule has 0 saturated heterocycles. The molecule has 0 aliphatic heterocycles. The summed E-state index contributed by atoms with van der Waals surface area (Å²) in [6, 6.07) is 0.323. The van der Waals surface area contributed by atoms with Crippen LogP contribution in [0.15, 0.2) is 6.33 Å². The van der Waals surface area contributed by atoms with Crippen molar-refractivity contribution in [3.63, 3.8) is 0 Å². The van der Waals surface area contributed by atoms with Gasteiger partial charge in [-0.3, -0.25) is 0 Å². The zero-order valence-electron chi connectivity index (χ0n) is 19.9. The van der Waals surface area contributed by atoms with Crippen molar-refractivity contribution in [2.45, 2.75) is 117 Å². The number of ether oxygens (including phenoxy) is 1. The second-order valence-corrected chi connectivity index (χ2v) is 15.6. The van der Waals surface area contributed by atoms with Gasteiger partial charge in [-0.15, -0.1) is 0 Å². The van der Waals surface area contributed by atoms with Crippen LogP contribution < -0.4 is 5.32 Å². The number of aromatic nitrogens is 2. The van der Waals surface area contributed by atoms with Crippen molar-refractivity contribution < 1.29 is 14.0 Å². The predicted molar refractivity (Wildman–Crippen MR) is 120 cm³/mol. The number of hydrogen-bond acceptors (Lipinski definition) is 5. The Bertz CT molecular complexity index is 701. The minimum absolute atomic E-state index is 0.206. The molecule has 1 N–H and O–H groups in total. The van der Waals surface area contributed by atoms with Gasteiger partial charge in [-0.05, 0) is 58.7 Å². The van der Waals surface area contributed by atoms with E-state index in [1.807, 2.05) is 27.7 Å². The lowest BCUT2D eigenvalue weighted by molar-refractivity contribution is 0.0533. The maximum absolute atomic E-state index is 12.4. The van der Waals surface area contributed by atoms with E-state index in [2.05, 4.69) is 44.2 Å². The smallest absolute Gasteiger partial charge is 0.420 e. The van der Waals surface area contributed by atoms with Gasteiger partial charge in [-0.2, -0.15) is 0 Å². The topological polar surface area (TPSA) is 65.4 Å². The number of rotatable bonds is 5. The predicted octanol–water partition coefficient (Wildman–Crippen LogP) is 5.40. The van der Waals surface area contributed by atoms with E-state index in [9.17, 15) is 4.79 Å². The lowest BCUT2D eigenvalue weighted by Gasteiger charge is -2.43. The van der Waals surface area contributed by atoms with E-state index in [1.165, 1.54) is 17.4 Å². The molecule has 1 aromatic heterocycles. The zero-order valence-corrected chi connectivity index (χ0v) is 20.9. The van der Waals surface area contributed by atoms with Crippen molar-refractivity contribution in [3.8, 4) is 0 Å². The fourth-order valence-electron chi connectivity index (χ4n) is 3.37. The second-order valence-electron chi connectivity index (χ2n) is 10.8. The Labute approximate surface area is 177 Å². The molecule has 29 heavy (non-hydrogen) atoms. The first kappa shape index (κ1) is 24.1. The SMILES string of the molecule is Cc1c(CN[C@H]2CCCC[C@@H]2O[Si](C)(C)C(C)(C)C)ncn1C(=O)OC(C)(C)C. The van der Waals surface area contributed by atoms with Gasteiger partial charge in [0, 0.05) is 12.6 Å². The van der Waals surface area contributed by atoms with Crippen molar-refractivity contribution in [1.29, 1.82) is 0 Å². The third-order valence-electron chi connectivity index (χ3n) is 6.18. The fourth-order valence-corrected chi connectivity index (χ4v) is 4.76. The quantitative estimate of drug-likeness (QED) is 0.643. The van der Waals surface area contributed by atoms with E-state index in [-0.39, 0.29) is 17.2 Å². The molecule has 2 rings (SSSR count). The fraction of sp³-hybridized carbons (Fsp3) is 0.818. The maximum Gasteiger partial charge on any atom is 0.420 e. The minimum atomic E-state index is -1.81. The number of nitrogens with one attached hydrogen (secondary N) is 1. The summed E-state index contributed by atoms with van der Waals surface area (Å²) in [5.41, 5.74) is 1.18. The van der Waals surface area contributed by atoms with Crippen molar-refractivity contribution in [1.82, 2.24) is 14.9 Å². The highest BCUT2D eigenvalue weighted by molar-refractivity contribution is 6.74. The van der Waals surface area contributed by atoms with Crippen LogP contribution in [0.5, 0.6) is 0 Å². The van der Waals surface area contributed by atoms with Gasteiger partial charge in [0.1, 0.15) is 11.9 Å². The average Bonchev–Trinajstić information content (AvgIpc) is 2.92. The van der Waals surface area contributed by atoms with Gasteiger partial charge in [0.25, 0.3) is 0 Å². The second kappa shape index (κ2) is 8.90. The molecule has 0 radical (unpaired) electrons. The zero-order chi connectivity index (χ0) is 22.0. The first-order chi connectivity index (χ1) is 13.2. The van der Waals surface area contributed by atoms with E-state index in [0.29, 0.717) is 12.6 Å². The molecule has 1 aliphatic rings. The average molecular weight is 424 g/mol. The molecule has 7 heteroatoms. The third-order valence-corrected chi connectivity index (χ3v) is 10.7. The molecule has 2 atom stereocenters. The Hall–Kier alpha value is -1.18. The molecule has 6 nitrogen and oxygen atoms in total. The largest absolute Gasteiger partial charge is 0.443 e. The Kier molecular flexibility index (Phi) is 7.39. The highest BCUT2D eigenvalue weighted by Gasteiger charge is 2.41. The summed E-state index contributed by atoms with van der Waals surface area (Å²) in [5.74, 6) is 0. The van der Waals surface area contributed by atoms with Crippen molar-refractivity contribution in [2.75, 3.05) is 0 Å². The molecular formula is C22H41N3O3Si. The Morgan fingerprint density at radius 1 is 1.21 bits per heavy atom. The summed E-state index contributed by atoms with van der Waals surface area (Å²) in [6.07, 6.45) is 6.10. The van der Waals surface area contributed by atoms with Crippen molar-refractivity contribution >= 4 is 14.4 Å². The molecule has 1 heterocycles. The van der Waals surface area contributed by atoms with Gasteiger partial charge in [0.15, 0.2) is 8.32 Å². The summed E-state index contributed by atoms with van der Waals surface area (Å²) in [6.45, 7) is 19.7. The van der Waals surface area contributed by atoms with Gasteiger partial charge >= 0.3 is 6.09 Å². The molecule has 1 saturated carbocycles. The molecule has 0 bridgehead atoms. The Morgan fingerprint density at radius 3 is 2.41 bits per heavy atom. The first-order valence-electron chi connectivity index (χ1n) is 10.9. The maximum atomic E-state index is 12.4. The van der Waals surface area contributed by atoms with E-state index in [0.717, 1.165) is 24.2 Å². The number of carbonyl (C=O) groups excluding carboxylic acids is 1. The van der Waals surface area contributed by atoms with E-state index in [1.54, 1.807) is 6.33 Å². The van der Waals surface area contributed by atoms with Crippen LogP contribution in [0.4, 0.5) is 4.79 Å². The van der Waals surface area contributed by atoms with E-state index >= 15 is 0 Å². The third kappa shape index (κ3) is 6.40. The van der Waals surface area contributed by atoms with Gasteiger partial charge < -0.3 is 14.5 Å². The Balaban J connectivity index is 2.03. The van der Waals surface area contributed by atoms with E-state index in [4.69, 9.17) is 9.16 Å². The van der Waals surface area contributed by atoms with Crippen LogP contribution in [0.1, 0.15) is 78.6 Å². The summed E-state index contributed by atoms with van der Waals surface area (Å²) in [5, 5.41) is 3.88. The summed E-state index contributed by atoms with van der Waals surface area (Å²) >= 11 is 0. The summed E-state index contributed by atoms with van der Waals surface area (Å²) in [4.78, 5) is 16.8. The number of nitrogens with zero attached hydrogens (tertiary/aromatic N) is 2. The highest BCUT2D eigenvalue weighted by Crippen LogP contribution is 2.39. The van der Waals surface area contributed by atoms with Gasteiger partial charge in [0.2, 0.25) is 0 Å². The van der Waals surface area contributed by atoms with Crippen LogP contribution in [0, 0.1) is 6.92 Å². The van der Waals surface area contributed by atoms with Gasteiger partial charge in [0.05, 0.1) is 17.5 Å². The molecule has 0 unspecified atom stereocenters. The minimum Gasteiger partial charge on any atom is -0.443 e. The molecule has 0 amide bonds. The van der Waals surface area contributed by atoms with Gasteiger partial charge in [-0.25, -0.2) is 14.3 Å². The standard InChI is InChI=1S/C22H41N3O3Si/c1-16-18(24-15-25(16)20(26)27-21(2,3)4)14-23-17-12-10-11-13-19(17)28-29(8,9)22(5,6)7/h15,17,19,23H,10-14H2,1-9H3/t17-,19-/m0/s1. The van der Waals surface area contributed by atoms with Gasteiger partial charge in [-0.1, -0.05) is 33.6 Å². The number of imidazole rings is 1. The number of hydrogen-bond donors (Lipinski definition) is 1. The highest BCUT2D eigenvalue weighted by atomic mass is 28.4. The van der Waals surface area contributed by atoms with E-state index < -0.39 is 13.9 Å². The van der Waals surface area contributed by atoms with Crippen LogP contribution in [0.25, 0.3) is 0 Å².